The van der Waals surface area contributed by atoms with E-state index in [-0.39, 0.29) is 17.0 Å². The van der Waals surface area contributed by atoms with Crippen LogP contribution in [0.25, 0.3) is 0 Å². The number of carbonyl (C=O) groups excluding carboxylic acids is 1. The molecule has 28 heavy (non-hydrogen) atoms. The van der Waals surface area contributed by atoms with E-state index in [1.165, 1.54) is 16.8 Å². The predicted octanol–water partition coefficient (Wildman–Crippen LogP) is 3.15. The van der Waals surface area contributed by atoms with Gasteiger partial charge >= 0.3 is 0 Å². The minimum absolute atomic E-state index is 0.00813. The van der Waals surface area contributed by atoms with E-state index in [1.54, 1.807) is 4.31 Å². The molecule has 0 N–H and O–H groups in total. The van der Waals surface area contributed by atoms with Crippen LogP contribution >= 0.6 is 0 Å². The molecule has 5 nitrogen and oxygen atoms in total. The molecule has 1 aromatic carbocycles. The van der Waals surface area contributed by atoms with Crippen LogP contribution in [0.1, 0.15) is 44.2 Å². The first-order valence-electron chi connectivity index (χ1n) is 10.4. The van der Waals surface area contributed by atoms with Crippen LogP contribution in [0.5, 0.6) is 0 Å². The van der Waals surface area contributed by atoms with Crippen molar-refractivity contribution in [1.29, 1.82) is 0 Å². The number of Topliss-reactive ketones (excluding diaryl/α,β-unsaturated/α-hetero) is 1. The van der Waals surface area contributed by atoms with Crippen molar-refractivity contribution in [3.63, 3.8) is 0 Å². The Labute approximate surface area is 169 Å². The lowest BCUT2D eigenvalue weighted by Crippen LogP contribution is -2.52. The molecule has 0 amide bonds. The summed E-state index contributed by atoms with van der Waals surface area (Å²) in [6.07, 6.45) is 2.27. The first-order valence-corrected chi connectivity index (χ1v) is 12.0. The Bertz CT molecular complexity index is 900. The van der Waals surface area contributed by atoms with Gasteiger partial charge in [-0.05, 0) is 55.2 Å². The van der Waals surface area contributed by atoms with E-state index in [0.29, 0.717) is 38.5 Å². The van der Waals surface area contributed by atoms with Crippen LogP contribution in [-0.4, -0.2) is 50.4 Å². The molecule has 0 aromatic heterocycles. The second-order valence-electron chi connectivity index (χ2n) is 9.60. The molecule has 154 valence electrons. The molecule has 2 saturated carbocycles. The number of benzene rings is 1. The second kappa shape index (κ2) is 6.56. The Morgan fingerprint density at radius 1 is 1.11 bits per heavy atom. The summed E-state index contributed by atoms with van der Waals surface area (Å²) in [4.78, 5) is 15.0. The van der Waals surface area contributed by atoms with Gasteiger partial charge in [0.2, 0.25) is 10.0 Å². The number of piperazine rings is 1. The molecule has 1 heterocycles. The van der Waals surface area contributed by atoms with Gasteiger partial charge in [-0.3, -0.25) is 4.79 Å². The van der Waals surface area contributed by atoms with E-state index in [9.17, 15) is 13.2 Å². The van der Waals surface area contributed by atoms with Crippen LogP contribution in [0.15, 0.2) is 18.2 Å². The quantitative estimate of drug-likeness (QED) is 0.774. The zero-order valence-corrected chi connectivity index (χ0v) is 18.3. The van der Waals surface area contributed by atoms with Crippen LogP contribution in [0.4, 0.5) is 5.69 Å². The maximum Gasteiger partial charge on any atom is 0.215 e. The number of rotatable bonds is 4. The third kappa shape index (κ3) is 2.91. The van der Waals surface area contributed by atoms with Crippen molar-refractivity contribution in [2.45, 2.75) is 47.0 Å². The third-order valence-electron chi connectivity index (χ3n) is 7.91. The molecule has 3 fully saturated rings. The van der Waals surface area contributed by atoms with Crippen molar-refractivity contribution >= 4 is 21.5 Å². The number of ketones is 1. The standard InChI is InChI=1S/C22H32N2O3S/c1-16-5-6-17(2)19(13-16)23-9-11-24(12-10-23)28(26,27)15-22-8-7-18(14-20(22)25)21(22,3)4/h5-6,13,18H,7-12,14-15H2,1-4H3/t18-,22-/m0/s1. The van der Waals surface area contributed by atoms with E-state index in [0.717, 1.165) is 12.8 Å². The van der Waals surface area contributed by atoms with Crippen LogP contribution < -0.4 is 4.90 Å². The average Bonchev–Trinajstić information content (AvgIpc) is 2.98. The topological polar surface area (TPSA) is 57.7 Å². The van der Waals surface area contributed by atoms with Gasteiger partial charge in [0.1, 0.15) is 5.78 Å². The molecule has 3 aliphatic rings. The fraction of sp³-hybridized carbons (Fsp3) is 0.682. The van der Waals surface area contributed by atoms with E-state index >= 15 is 0 Å². The van der Waals surface area contributed by atoms with E-state index in [2.05, 4.69) is 50.8 Å². The maximum absolute atomic E-state index is 13.3. The van der Waals surface area contributed by atoms with E-state index < -0.39 is 15.4 Å². The van der Waals surface area contributed by atoms with Gasteiger partial charge in [0.25, 0.3) is 0 Å². The fourth-order valence-corrected chi connectivity index (χ4v) is 7.98. The third-order valence-corrected chi connectivity index (χ3v) is 9.91. The molecular formula is C22H32N2O3S. The van der Waals surface area contributed by atoms with Gasteiger partial charge in [0.05, 0.1) is 5.75 Å². The van der Waals surface area contributed by atoms with Gasteiger partial charge in [-0.25, -0.2) is 8.42 Å². The molecule has 4 rings (SSSR count). The van der Waals surface area contributed by atoms with Crippen molar-refractivity contribution in [1.82, 2.24) is 4.31 Å². The van der Waals surface area contributed by atoms with Crippen molar-refractivity contribution in [3.8, 4) is 0 Å². The Hall–Kier alpha value is -1.40. The summed E-state index contributed by atoms with van der Waals surface area (Å²) in [6.45, 7) is 10.7. The SMILES string of the molecule is Cc1ccc(C)c(N2CCN(S(=O)(=O)C[C@@]34CC[C@@H](CC3=O)C4(C)C)CC2)c1. The molecule has 1 aliphatic heterocycles. The first kappa shape index (κ1) is 19.9. The molecule has 0 spiro atoms. The summed E-state index contributed by atoms with van der Waals surface area (Å²) in [5, 5.41) is 0. The van der Waals surface area contributed by atoms with Gasteiger partial charge in [-0.15, -0.1) is 0 Å². The normalized spacial score (nSPS) is 30.2. The summed E-state index contributed by atoms with van der Waals surface area (Å²) in [5.41, 5.74) is 2.74. The lowest BCUT2D eigenvalue weighted by atomic mass is 9.70. The molecule has 6 heteroatoms. The number of hydrogen-bond acceptors (Lipinski definition) is 4. The number of carbonyl (C=O) groups is 1. The molecule has 1 saturated heterocycles. The highest BCUT2D eigenvalue weighted by molar-refractivity contribution is 7.89. The molecule has 0 unspecified atom stereocenters. The van der Waals surface area contributed by atoms with Crippen LogP contribution in [-0.2, 0) is 14.8 Å². The Balaban J connectivity index is 1.49. The van der Waals surface area contributed by atoms with Crippen LogP contribution in [0.3, 0.4) is 0 Å². The number of nitrogens with zero attached hydrogens (tertiary/aromatic N) is 2. The molecule has 2 aliphatic carbocycles. The molecular weight excluding hydrogens is 372 g/mol. The monoisotopic (exact) mass is 404 g/mol. The summed E-state index contributed by atoms with van der Waals surface area (Å²) in [5.74, 6) is 0.508. The molecule has 2 atom stereocenters. The van der Waals surface area contributed by atoms with Gasteiger partial charge in [-0.1, -0.05) is 26.0 Å². The Morgan fingerprint density at radius 3 is 2.36 bits per heavy atom. The minimum atomic E-state index is -3.45. The fourth-order valence-electron chi connectivity index (χ4n) is 5.78. The molecule has 2 bridgehead atoms. The highest BCUT2D eigenvalue weighted by Crippen LogP contribution is 2.64. The largest absolute Gasteiger partial charge is 0.369 e. The summed E-state index contributed by atoms with van der Waals surface area (Å²) in [6, 6.07) is 6.40. The summed E-state index contributed by atoms with van der Waals surface area (Å²) < 4.78 is 28.2. The number of aryl methyl sites for hydroxylation is 2. The van der Waals surface area contributed by atoms with Crippen molar-refractivity contribution < 1.29 is 13.2 Å². The maximum atomic E-state index is 13.3. The zero-order valence-electron chi connectivity index (χ0n) is 17.5. The lowest BCUT2D eigenvalue weighted by Gasteiger charge is -2.40. The number of hydrogen-bond donors (Lipinski definition) is 0. The second-order valence-corrected chi connectivity index (χ2v) is 11.6. The van der Waals surface area contributed by atoms with Crippen molar-refractivity contribution in [2.24, 2.45) is 16.7 Å². The first-order chi connectivity index (χ1) is 13.1. The number of sulfonamides is 1. The van der Waals surface area contributed by atoms with E-state index in [1.807, 2.05) is 0 Å². The Morgan fingerprint density at radius 2 is 1.79 bits per heavy atom. The highest BCUT2D eigenvalue weighted by atomic mass is 32.2. The van der Waals surface area contributed by atoms with Gasteiger partial charge in [0, 0.05) is 43.7 Å². The average molecular weight is 405 g/mol. The minimum Gasteiger partial charge on any atom is -0.369 e. The van der Waals surface area contributed by atoms with Gasteiger partial charge in [-0.2, -0.15) is 4.31 Å². The summed E-state index contributed by atoms with van der Waals surface area (Å²) in [7, 11) is -3.45. The van der Waals surface area contributed by atoms with Crippen LogP contribution in [0, 0.1) is 30.6 Å². The van der Waals surface area contributed by atoms with Crippen molar-refractivity contribution in [2.75, 3.05) is 36.8 Å². The van der Waals surface area contributed by atoms with Gasteiger partial charge in [0.15, 0.2) is 0 Å². The van der Waals surface area contributed by atoms with Gasteiger partial charge < -0.3 is 4.90 Å². The van der Waals surface area contributed by atoms with Crippen LogP contribution in [0.2, 0.25) is 0 Å². The van der Waals surface area contributed by atoms with E-state index in [4.69, 9.17) is 0 Å². The highest BCUT2D eigenvalue weighted by Gasteiger charge is 2.65. The zero-order chi connectivity index (χ0) is 20.3. The summed E-state index contributed by atoms with van der Waals surface area (Å²) >= 11 is 0. The lowest BCUT2D eigenvalue weighted by molar-refractivity contribution is -0.128. The number of anilines is 1. The Kier molecular flexibility index (Phi) is 4.66. The predicted molar refractivity (Wildman–Crippen MR) is 112 cm³/mol. The van der Waals surface area contributed by atoms with Crippen molar-refractivity contribution in [3.05, 3.63) is 29.3 Å². The smallest absolute Gasteiger partial charge is 0.215 e. The molecule has 0 radical (unpaired) electrons. The number of fused-ring (bicyclic) bond motifs is 2. The molecule has 1 aromatic rings.